The third-order valence-electron chi connectivity index (χ3n) is 14.6. The van der Waals surface area contributed by atoms with E-state index < -0.39 is 0 Å². The molecule has 0 aromatic heterocycles. The predicted octanol–water partition coefficient (Wildman–Crippen LogP) is 11.1. The fourth-order valence-corrected chi connectivity index (χ4v) is 6.65. The third kappa shape index (κ3) is 4.15. The van der Waals surface area contributed by atoms with Crippen molar-refractivity contribution < 1.29 is 0 Å². The molecule has 0 aliphatic heterocycles. The van der Waals surface area contributed by atoms with E-state index in [1.807, 2.05) is 0 Å². The molecule has 0 nitrogen and oxygen atoms in total. The molecule has 0 saturated heterocycles. The Labute approximate surface area is 206 Å². The average molecular weight is 451 g/mol. The number of hydrogen-bond donors (Lipinski definition) is 0. The summed E-state index contributed by atoms with van der Waals surface area (Å²) in [4.78, 5) is 0. The molecule has 0 fully saturated rings. The molecule has 0 N–H and O–H groups in total. The van der Waals surface area contributed by atoms with Crippen molar-refractivity contribution >= 4 is 0 Å². The van der Waals surface area contributed by atoms with Crippen LogP contribution in [0.3, 0.4) is 0 Å². The van der Waals surface area contributed by atoms with Gasteiger partial charge in [0.05, 0.1) is 0 Å². The molecule has 0 saturated carbocycles. The third-order valence-corrected chi connectivity index (χ3v) is 14.6. The van der Waals surface area contributed by atoms with E-state index in [4.69, 9.17) is 0 Å². The summed E-state index contributed by atoms with van der Waals surface area (Å²) in [6.45, 7) is 52.7. The Balaban J connectivity index is 6.71. The van der Waals surface area contributed by atoms with Crippen LogP contribution in [-0.4, -0.2) is 0 Å². The minimum Gasteiger partial charge on any atom is -0.0622 e. The van der Waals surface area contributed by atoms with Crippen LogP contribution in [0.2, 0.25) is 0 Å². The summed E-state index contributed by atoms with van der Waals surface area (Å²) in [5.74, 6) is 1.82. The first kappa shape index (κ1) is 32.0. The van der Waals surface area contributed by atoms with Crippen molar-refractivity contribution in [1.82, 2.24) is 0 Å². The molecular formula is C32H66. The van der Waals surface area contributed by atoms with Crippen molar-refractivity contribution in [2.24, 2.45) is 61.1 Å². The van der Waals surface area contributed by atoms with Gasteiger partial charge in [-0.05, 0) is 61.1 Å². The van der Waals surface area contributed by atoms with Crippen LogP contribution < -0.4 is 0 Å². The van der Waals surface area contributed by atoms with E-state index in [0.29, 0.717) is 17.8 Å². The van der Waals surface area contributed by atoms with E-state index in [1.54, 1.807) is 0 Å². The second-order valence-corrected chi connectivity index (χ2v) is 16.4. The SMILES string of the molecule is CC(C)C(C)(C)C(C)(C)C(C)(C)C(C)(C)C(C)C(C)(C)C(C)(C)C(C)(C)C(C)(C)C(C)C. The van der Waals surface area contributed by atoms with Crippen LogP contribution in [0.4, 0.5) is 0 Å². The first-order valence-corrected chi connectivity index (χ1v) is 13.5. The van der Waals surface area contributed by atoms with E-state index in [-0.39, 0.29) is 43.3 Å². The summed E-state index contributed by atoms with van der Waals surface area (Å²) < 4.78 is 0. The second kappa shape index (κ2) is 8.59. The highest BCUT2D eigenvalue weighted by Crippen LogP contribution is 2.69. The van der Waals surface area contributed by atoms with Crippen LogP contribution in [-0.2, 0) is 0 Å². The molecule has 0 amide bonds. The summed E-state index contributed by atoms with van der Waals surface area (Å²) in [7, 11) is 0. The highest BCUT2D eigenvalue weighted by molar-refractivity contribution is 5.11. The molecule has 0 aliphatic rings. The number of hydrogen-bond acceptors (Lipinski definition) is 0. The van der Waals surface area contributed by atoms with Crippen LogP contribution in [0.25, 0.3) is 0 Å². The summed E-state index contributed by atoms with van der Waals surface area (Å²) in [5.41, 5.74) is 1.45. The molecule has 194 valence electrons. The predicted molar refractivity (Wildman–Crippen MR) is 149 cm³/mol. The largest absolute Gasteiger partial charge is 0.0622 e. The molecule has 0 aliphatic carbocycles. The second-order valence-electron chi connectivity index (χ2n) is 16.4. The maximum Gasteiger partial charge on any atom is -0.0244 e. The lowest BCUT2D eigenvalue weighted by Crippen LogP contribution is -2.61. The molecule has 0 rings (SSSR count). The van der Waals surface area contributed by atoms with Crippen molar-refractivity contribution in [2.75, 3.05) is 0 Å². The fraction of sp³-hybridized carbons (Fsp3) is 1.00. The molecule has 32 heavy (non-hydrogen) atoms. The molecule has 0 heteroatoms. The van der Waals surface area contributed by atoms with Gasteiger partial charge in [-0.15, -0.1) is 0 Å². The molecule has 0 unspecified atom stereocenters. The van der Waals surface area contributed by atoms with E-state index in [2.05, 4.69) is 145 Å². The van der Waals surface area contributed by atoms with Gasteiger partial charge in [0.15, 0.2) is 0 Å². The van der Waals surface area contributed by atoms with Crippen molar-refractivity contribution in [3.63, 3.8) is 0 Å². The zero-order valence-corrected chi connectivity index (χ0v) is 26.7. The fourth-order valence-electron chi connectivity index (χ4n) is 6.65. The van der Waals surface area contributed by atoms with Crippen LogP contribution in [0.5, 0.6) is 0 Å². The van der Waals surface area contributed by atoms with Gasteiger partial charge in [0.1, 0.15) is 0 Å². The van der Waals surface area contributed by atoms with Crippen molar-refractivity contribution in [3.05, 3.63) is 0 Å². The molecule has 0 aromatic carbocycles. The van der Waals surface area contributed by atoms with E-state index >= 15 is 0 Å². The minimum absolute atomic E-state index is 0.151. The first-order valence-electron chi connectivity index (χ1n) is 13.5. The monoisotopic (exact) mass is 451 g/mol. The van der Waals surface area contributed by atoms with Crippen LogP contribution in [0.1, 0.15) is 145 Å². The Morgan fingerprint density at radius 3 is 0.594 bits per heavy atom. The summed E-state index contributed by atoms with van der Waals surface area (Å²) in [5, 5.41) is 0. The van der Waals surface area contributed by atoms with E-state index in [1.165, 1.54) is 0 Å². The van der Waals surface area contributed by atoms with Gasteiger partial charge in [0.2, 0.25) is 0 Å². The molecule has 0 radical (unpaired) electrons. The molecule has 0 spiro atoms. The highest BCUT2D eigenvalue weighted by Gasteiger charge is 2.62. The maximum atomic E-state index is 2.56. The minimum atomic E-state index is 0.151. The summed E-state index contributed by atoms with van der Waals surface area (Å²) >= 11 is 0. The van der Waals surface area contributed by atoms with Gasteiger partial charge in [-0.25, -0.2) is 0 Å². The van der Waals surface area contributed by atoms with Crippen LogP contribution in [0.15, 0.2) is 0 Å². The summed E-state index contributed by atoms with van der Waals surface area (Å²) in [6.07, 6.45) is 0. The summed E-state index contributed by atoms with van der Waals surface area (Å²) in [6, 6.07) is 0. The zero-order valence-electron chi connectivity index (χ0n) is 26.7. The lowest BCUT2D eigenvalue weighted by molar-refractivity contribution is -0.190. The smallest absolute Gasteiger partial charge is 0.0244 e. The zero-order chi connectivity index (χ0) is 26.7. The molecular weight excluding hydrogens is 384 g/mol. The van der Waals surface area contributed by atoms with Crippen molar-refractivity contribution in [2.45, 2.75) is 145 Å². The lowest BCUT2D eigenvalue weighted by atomic mass is 9.37. The van der Waals surface area contributed by atoms with Gasteiger partial charge in [0.25, 0.3) is 0 Å². The Kier molecular flexibility index (Phi) is 8.59. The Morgan fingerprint density at radius 2 is 0.438 bits per heavy atom. The van der Waals surface area contributed by atoms with Gasteiger partial charge in [-0.1, -0.05) is 145 Å². The van der Waals surface area contributed by atoms with Gasteiger partial charge >= 0.3 is 0 Å². The highest BCUT2D eigenvalue weighted by atomic mass is 14.7. The molecule has 0 heterocycles. The van der Waals surface area contributed by atoms with Crippen LogP contribution >= 0.6 is 0 Å². The Hall–Kier alpha value is 0. The molecule has 0 bridgehead atoms. The Morgan fingerprint density at radius 1 is 0.281 bits per heavy atom. The van der Waals surface area contributed by atoms with Gasteiger partial charge in [-0.3, -0.25) is 0 Å². The van der Waals surface area contributed by atoms with Gasteiger partial charge in [0, 0.05) is 0 Å². The average Bonchev–Trinajstić information content (AvgIpc) is 2.59. The van der Waals surface area contributed by atoms with Crippen molar-refractivity contribution in [1.29, 1.82) is 0 Å². The maximum absolute atomic E-state index is 2.56. The molecule has 0 aromatic rings. The normalized spacial score (nSPS) is 16.5. The van der Waals surface area contributed by atoms with Crippen molar-refractivity contribution in [3.8, 4) is 0 Å². The quantitative estimate of drug-likeness (QED) is 0.310. The number of rotatable bonds is 10. The van der Waals surface area contributed by atoms with E-state index in [0.717, 1.165) is 0 Å². The lowest BCUT2D eigenvalue weighted by Gasteiger charge is -2.67. The van der Waals surface area contributed by atoms with Crippen LogP contribution in [0, 0.1) is 61.1 Å². The van der Waals surface area contributed by atoms with Gasteiger partial charge < -0.3 is 0 Å². The topological polar surface area (TPSA) is 0 Å². The Bertz CT molecular complexity index is 573. The first-order chi connectivity index (χ1) is 13.5. The molecule has 0 atom stereocenters. The standard InChI is InChI=1S/C32H66/c1-22(2)25(6,7)29(14,15)31(18,19)27(10,11)24(5)28(12,13)32(20,21)30(16,17)26(8,9)23(3)4/h22-24H,1-21H3. The van der Waals surface area contributed by atoms with Gasteiger partial charge in [-0.2, -0.15) is 0 Å². The van der Waals surface area contributed by atoms with E-state index in [9.17, 15) is 0 Å².